The molecule has 0 saturated carbocycles. The van der Waals surface area contributed by atoms with Crippen LogP contribution in [-0.2, 0) is 28.5 Å². The van der Waals surface area contributed by atoms with E-state index < -0.39 is 30.4 Å². The Morgan fingerprint density at radius 2 is 1.94 bits per heavy atom. The van der Waals surface area contributed by atoms with Gasteiger partial charge in [-0.1, -0.05) is 0 Å². The molecule has 0 radical (unpaired) electrons. The van der Waals surface area contributed by atoms with Crippen molar-refractivity contribution in [3.05, 3.63) is 12.2 Å². The highest BCUT2D eigenvalue weighted by Gasteiger charge is 2.30. The van der Waals surface area contributed by atoms with Gasteiger partial charge in [-0.05, 0) is 12.2 Å². The molecule has 1 aliphatic rings. The molecule has 0 N–H and O–H groups in total. The summed E-state index contributed by atoms with van der Waals surface area (Å²) in [5.74, 6) is -0.842. The smallest absolute Gasteiger partial charge is 0.303 e. The fourth-order valence-corrected chi connectivity index (χ4v) is 1.39. The van der Waals surface area contributed by atoms with Gasteiger partial charge in [-0.2, -0.15) is 0 Å². The molecule has 0 amide bonds. The molecule has 1 aliphatic heterocycles. The van der Waals surface area contributed by atoms with E-state index in [4.69, 9.17) is 18.9 Å². The molecule has 0 aromatic rings. The van der Waals surface area contributed by atoms with Crippen molar-refractivity contribution >= 4 is 11.9 Å². The first-order valence-electron chi connectivity index (χ1n) is 5.20. The molecule has 1 heterocycles. The van der Waals surface area contributed by atoms with Gasteiger partial charge in [0.05, 0.1) is 0 Å². The van der Waals surface area contributed by atoms with Gasteiger partial charge in [-0.25, -0.2) is 0 Å². The highest BCUT2D eigenvalue weighted by Crippen LogP contribution is 2.17. The Bertz CT molecular complexity index is 311. The van der Waals surface area contributed by atoms with Gasteiger partial charge in [-0.3, -0.25) is 9.59 Å². The van der Waals surface area contributed by atoms with Crippen molar-refractivity contribution in [3.8, 4) is 0 Å². The van der Waals surface area contributed by atoms with Crippen LogP contribution in [0.4, 0.5) is 0 Å². The number of hydrogen-bond acceptors (Lipinski definition) is 6. The molecule has 1 unspecified atom stereocenters. The van der Waals surface area contributed by atoms with Crippen LogP contribution >= 0.6 is 0 Å². The predicted octanol–water partition coefficient (Wildman–Crippen LogP) is 0.409. The molecule has 6 heteroatoms. The minimum absolute atomic E-state index is 0.0114. The number of rotatable bonds is 4. The Balaban J connectivity index is 2.62. The largest absolute Gasteiger partial charge is 0.463 e. The topological polar surface area (TPSA) is 71.1 Å². The Kier molecular flexibility index (Phi) is 5.11. The summed E-state index contributed by atoms with van der Waals surface area (Å²) in [4.78, 5) is 21.6. The van der Waals surface area contributed by atoms with Crippen LogP contribution in [0.2, 0.25) is 0 Å². The molecule has 0 aromatic heterocycles. The van der Waals surface area contributed by atoms with Crippen LogP contribution in [0.1, 0.15) is 13.8 Å². The number of methoxy groups -OCH3 is 1. The average molecular weight is 244 g/mol. The van der Waals surface area contributed by atoms with Crippen molar-refractivity contribution < 1.29 is 28.5 Å². The minimum Gasteiger partial charge on any atom is -0.463 e. The fraction of sp³-hybridized carbons (Fsp3) is 0.636. The van der Waals surface area contributed by atoms with Crippen LogP contribution < -0.4 is 0 Å². The zero-order valence-electron chi connectivity index (χ0n) is 10.0. The van der Waals surface area contributed by atoms with Gasteiger partial charge in [0.2, 0.25) is 0 Å². The van der Waals surface area contributed by atoms with E-state index in [-0.39, 0.29) is 6.61 Å². The lowest BCUT2D eigenvalue weighted by atomic mass is 10.1. The third kappa shape index (κ3) is 4.54. The summed E-state index contributed by atoms with van der Waals surface area (Å²) in [6.07, 6.45) is 1.64. The van der Waals surface area contributed by atoms with Gasteiger partial charge >= 0.3 is 11.9 Å². The summed E-state index contributed by atoms with van der Waals surface area (Å²) in [6, 6.07) is 0. The predicted molar refractivity (Wildman–Crippen MR) is 57.0 cm³/mol. The molecule has 0 spiro atoms. The summed E-state index contributed by atoms with van der Waals surface area (Å²) in [5.41, 5.74) is 0. The van der Waals surface area contributed by atoms with Gasteiger partial charge in [0.15, 0.2) is 6.29 Å². The maximum atomic E-state index is 10.9. The van der Waals surface area contributed by atoms with E-state index in [0.717, 1.165) is 0 Å². The Morgan fingerprint density at radius 1 is 1.24 bits per heavy atom. The summed E-state index contributed by atoms with van der Waals surface area (Å²) in [6.45, 7) is 2.62. The molecule has 0 bridgehead atoms. The first-order chi connectivity index (χ1) is 8.02. The molecular weight excluding hydrogens is 228 g/mol. The zero-order chi connectivity index (χ0) is 12.8. The average Bonchev–Trinajstić information content (AvgIpc) is 2.27. The van der Waals surface area contributed by atoms with Crippen molar-refractivity contribution in [3.63, 3.8) is 0 Å². The van der Waals surface area contributed by atoms with Gasteiger partial charge in [0.25, 0.3) is 0 Å². The summed E-state index contributed by atoms with van der Waals surface area (Å²) in [7, 11) is 1.49. The summed E-state index contributed by atoms with van der Waals surface area (Å²) < 4.78 is 20.3. The lowest BCUT2D eigenvalue weighted by molar-refractivity contribution is -0.190. The lowest BCUT2D eigenvalue weighted by Crippen LogP contribution is -2.41. The van der Waals surface area contributed by atoms with Crippen LogP contribution in [-0.4, -0.2) is 44.2 Å². The van der Waals surface area contributed by atoms with Crippen molar-refractivity contribution in [1.82, 2.24) is 0 Å². The van der Waals surface area contributed by atoms with E-state index in [2.05, 4.69) is 0 Å². The fourth-order valence-electron chi connectivity index (χ4n) is 1.39. The first-order valence-corrected chi connectivity index (χ1v) is 5.20. The maximum Gasteiger partial charge on any atom is 0.303 e. The Labute approximate surface area is 99.5 Å². The van der Waals surface area contributed by atoms with Crippen LogP contribution in [0.15, 0.2) is 12.2 Å². The van der Waals surface area contributed by atoms with E-state index in [1.807, 2.05) is 0 Å². The molecule has 0 aliphatic carbocycles. The number of carbonyl (C=O) groups excluding carboxylic acids is 2. The van der Waals surface area contributed by atoms with Crippen molar-refractivity contribution in [2.24, 2.45) is 0 Å². The number of ether oxygens (including phenoxy) is 4. The number of esters is 2. The number of carbonyl (C=O) groups is 2. The SMILES string of the molecule is CO[C@@H]1C=C[C@H](OC(C)=O)C(COC(C)=O)O1. The van der Waals surface area contributed by atoms with Crippen LogP contribution in [0.25, 0.3) is 0 Å². The molecule has 0 saturated heterocycles. The van der Waals surface area contributed by atoms with E-state index in [1.165, 1.54) is 21.0 Å². The van der Waals surface area contributed by atoms with E-state index >= 15 is 0 Å². The quantitative estimate of drug-likeness (QED) is 0.527. The molecule has 96 valence electrons. The lowest BCUT2D eigenvalue weighted by Gasteiger charge is -2.30. The van der Waals surface area contributed by atoms with Gasteiger partial charge in [-0.15, -0.1) is 0 Å². The third-order valence-electron chi connectivity index (χ3n) is 2.12. The monoisotopic (exact) mass is 244 g/mol. The molecular formula is C11H16O6. The number of hydrogen-bond donors (Lipinski definition) is 0. The van der Waals surface area contributed by atoms with E-state index in [0.29, 0.717) is 0 Å². The maximum absolute atomic E-state index is 10.9. The highest BCUT2D eigenvalue weighted by molar-refractivity contribution is 5.66. The second-order valence-corrected chi connectivity index (χ2v) is 3.54. The molecule has 17 heavy (non-hydrogen) atoms. The normalized spacial score (nSPS) is 27.6. The van der Waals surface area contributed by atoms with Crippen molar-refractivity contribution in [2.75, 3.05) is 13.7 Å². The van der Waals surface area contributed by atoms with Gasteiger partial charge in [0, 0.05) is 21.0 Å². The highest BCUT2D eigenvalue weighted by atomic mass is 16.7. The summed E-state index contributed by atoms with van der Waals surface area (Å²) in [5, 5.41) is 0. The van der Waals surface area contributed by atoms with Crippen LogP contribution in [0.3, 0.4) is 0 Å². The van der Waals surface area contributed by atoms with E-state index in [9.17, 15) is 9.59 Å². The molecule has 0 aromatic carbocycles. The van der Waals surface area contributed by atoms with Gasteiger partial charge < -0.3 is 18.9 Å². The molecule has 6 nitrogen and oxygen atoms in total. The van der Waals surface area contributed by atoms with E-state index in [1.54, 1.807) is 12.2 Å². The van der Waals surface area contributed by atoms with Crippen molar-refractivity contribution in [2.45, 2.75) is 32.3 Å². The first kappa shape index (κ1) is 13.7. The third-order valence-corrected chi connectivity index (χ3v) is 2.12. The standard InChI is InChI=1S/C11H16O6/c1-7(12)15-6-10-9(16-8(2)13)4-5-11(14-3)17-10/h4-5,9-11H,6H2,1-3H3/t9-,10?,11-/m0/s1. The minimum atomic E-state index is -0.571. The molecule has 1 rings (SSSR count). The second-order valence-electron chi connectivity index (χ2n) is 3.54. The molecule has 3 atom stereocenters. The Morgan fingerprint density at radius 3 is 2.47 bits per heavy atom. The zero-order valence-corrected chi connectivity index (χ0v) is 10.0. The van der Waals surface area contributed by atoms with Crippen LogP contribution in [0, 0.1) is 0 Å². The second kappa shape index (κ2) is 6.36. The van der Waals surface area contributed by atoms with Gasteiger partial charge in [0.1, 0.15) is 18.8 Å². The Hall–Kier alpha value is -1.40. The summed E-state index contributed by atoms with van der Waals surface area (Å²) >= 11 is 0. The van der Waals surface area contributed by atoms with Crippen LogP contribution in [0.5, 0.6) is 0 Å². The van der Waals surface area contributed by atoms with Crippen molar-refractivity contribution in [1.29, 1.82) is 0 Å². The molecule has 0 fully saturated rings.